The second-order valence-corrected chi connectivity index (χ2v) is 4.21. The third kappa shape index (κ3) is 8.29. The molecule has 0 radical (unpaired) electrons. The van der Waals surface area contributed by atoms with Gasteiger partial charge in [-0.15, -0.1) is 0 Å². The molecule has 0 bridgehead atoms. The topological polar surface area (TPSA) is 9.23 Å². The molecule has 15 heavy (non-hydrogen) atoms. The Balaban J connectivity index is 2.15. The molecule has 1 aliphatic heterocycles. The van der Waals surface area contributed by atoms with Gasteiger partial charge >= 0.3 is 0 Å². The zero-order valence-corrected chi connectivity index (χ0v) is 9.79. The van der Waals surface area contributed by atoms with E-state index in [0.29, 0.717) is 0 Å². The highest BCUT2D eigenvalue weighted by Gasteiger charge is 1.92. The number of hydrogen-bond acceptors (Lipinski definition) is 1. The van der Waals surface area contributed by atoms with E-state index in [1.165, 1.54) is 51.4 Å². The van der Waals surface area contributed by atoms with Crippen LogP contribution in [0, 0.1) is 0 Å². The summed E-state index contributed by atoms with van der Waals surface area (Å²) in [5, 5.41) is 0. The molecule has 0 saturated carbocycles. The SMILES string of the molecule is C1=C\CCCCCCCCCO/C=C\C/1. The van der Waals surface area contributed by atoms with Gasteiger partial charge in [-0.1, -0.05) is 44.3 Å². The first-order chi connectivity index (χ1) is 7.50. The summed E-state index contributed by atoms with van der Waals surface area (Å²) in [6.45, 7) is 0.889. The highest BCUT2D eigenvalue weighted by molar-refractivity contribution is 4.90. The highest BCUT2D eigenvalue weighted by Crippen LogP contribution is 2.09. The summed E-state index contributed by atoms with van der Waals surface area (Å²) in [5.74, 6) is 0. The van der Waals surface area contributed by atoms with Crippen LogP contribution in [0.25, 0.3) is 0 Å². The van der Waals surface area contributed by atoms with Crippen LogP contribution in [0.4, 0.5) is 0 Å². The quantitative estimate of drug-likeness (QED) is 0.529. The van der Waals surface area contributed by atoms with Crippen LogP contribution >= 0.6 is 0 Å². The molecule has 0 amide bonds. The first-order valence-corrected chi connectivity index (χ1v) is 6.42. The molecule has 0 aliphatic carbocycles. The van der Waals surface area contributed by atoms with E-state index in [1.54, 1.807) is 0 Å². The van der Waals surface area contributed by atoms with Crippen molar-refractivity contribution in [2.45, 2.75) is 57.8 Å². The predicted molar refractivity (Wildman–Crippen MR) is 65.8 cm³/mol. The standard InChI is InChI=1S/C14H24O/c1-2-4-6-8-10-12-14-15-13-11-9-7-5-3-1/h5,7,11,13H,1-4,6,8-10,12,14H2/b7-5-,13-11-. The molecular weight excluding hydrogens is 184 g/mol. The Hall–Kier alpha value is -0.720. The van der Waals surface area contributed by atoms with Gasteiger partial charge in [0.25, 0.3) is 0 Å². The van der Waals surface area contributed by atoms with E-state index in [0.717, 1.165) is 13.0 Å². The molecule has 1 aliphatic rings. The molecule has 0 N–H and O–H groups in total. The zero-order chi connectivity index (χ0) is 10.6. The lowest BCUT2D eigenvalue weighted by Gasteiger charge is -2.01. The largest absolute Gasteiger partial charge is 0.502 e. The van der Waals surface area contributed by atoms with Crippen LogP contribution in [0.15, 0.2) is 24.5 Å². The van der Waals surface area contributed by atoms with Gasteiger partial charge in [0.1, 0.15) is 0 Å². The third-order valence-electron chi connectivity index (χ3n) is 2.76. The number of allylic oxidation sites excluding steroid dienone is 3. The molecule has 86 valence electrons. The van der Waals surface area contributed by atoms with E-state index >= 15 is 0 Å². The van der Waals surface area contributed by atoms with Crippen LogP contribution < -0.4 is 0 Å². The van der Waals surface area contributed by atoms with E-state index in [1.807, 2.05) is 6.26 Å². The molecule has 0 spiro atoms. The second kappa shape index (κ2) is 9.82. The van der Waals surface area contributed by atoms with Gasteiger partial charge in [-0.2, -0.15) is 0 Å². The zero-order valence-electron chi connectivity index (χ0n) is 9.79. The predicted octanol–water partition coefficient (Wildman–Crippen LogP) is 4.60. The summed E-state index contributed by atoms with van der Waals surface area (Å²) in [6.07, 6.45) is 20.2. The number of ether oxygens (including phenoxy) is 1. The summed E-state index contributed by atoms with van der Waals surface area (Å²) in [4.78, 5) is 0. The smallest absolute Gasteiger partial charge is 0.0873 e. The number of hydrogen-bond donors (Lipinski definition) is 0. The Morgan fingerprint density at radius 3 is 2.27 bits per heavy atom. The normalized spacial score (nSPS) is 25.6. The Kier molecular flexibility index (Phi) is 8.09. The summed E-state index contributed by atoms with van der Waals surface area (Å²) in [5.41, 5.74) is 0. The minimum atomic E-state index is 0.889. The fourth-order valence-corrected chi connectivity index (χ4v) is 1.82. The van der Waals surface area contributed by atoms with Crippen molar-refractivity contribution < 1.29 is 4.74 Å². The van der Waals surface area contributed by atoms with Crippen LogP contribution in [0.5, 0.6) is 0 Å². The maximum absolute atomic E-state index is 5.40. The van der Waals surface area contributed by atoms with Gasteiger partial charge in [0.2, 0.25) is 0 Å². The van der Waals surface area contributed by atoms with Crippen LogP contribution in [0.2, 0.25) is 0 Å². The average molecular weight is 208 g/mol. The lowest BCUT2D eigenvalue weighted by atomic mass is 10.1. The van der Waals surface area contributed by atoms with Gasteiger partial charge in [-0.25, -0.2) is 0 Å². The average Bonchev–Trinajstić information content (AvgIpc) is 2.27. The molecule has 0 atom stereocenters. The highest BCUT2D eigenvalue weighted by atomic mass is 16.5. The van der Waals surface area contributed by atoms with Crippen molar-refractivity contribution in [2.24, 2.45) is 0 Å². The fraction of sp³-hybridized carbons (Fsp3) is 0.714. The monoisotopic (exact) mass is 208 g/mol. The maximum Gasteiger partial charge on any atom is 0.0873 e. The van der Waals surface area contributed by atoms with Crippen molar-refractivity contribution in [3.05, 3.63) is 24.5 Å². The van der Waals surface area contributed by atoms with Gasteiger partial charge in [-0.05, 0) is 31.8 Å². The lowest BCUT2D eigenvalue weighted by molar-refractivity contribution is 0.239. The minimum absolute atomic E-state index is 0.889. The van der Waals surface area contributed by atoms with E-state index < -0.39 is 0 Å². The maximum atomic E-state index is 5.40. The van der Waals surface area contributed by atoms with Crippen molar-refractivity contribution in [3.63, 3.8) is 0 Å². The van der Waals surface area contributed by atoms with E-state index in [4.69, 9.17) is 4.74 Å². The van der Waals surface area contributed by atoms with E-state index in [2.05, 4.69) is 18.2 Å². The molecule has 0 aromatic rings. The molecule has 0 unspecified atom stereocenters. The Bertz CT molecular complexity index is 162. The van der Waals surface area contributed by atoms with Crippen molar-refractivity contribution in [3.8, 4) is 0 Å². The van der Waals surface area contributed by atoms with Crippen molar-refractivity contribution in [2.75, 3.05) is 6.61 Å². The van der Waals surface area contributed by atoms with Gasteiger partial charge < -0.3 is 4.74 Å². The van der Waals surface area contributed by atoms with E-state index in [9.17, 15) is 0 Å². The molecule has 1 heteroatoms. The number of rotatable bonds is 0. The van der Waals surface area contributed by atoms with Crippen molar-refractivity contribution in [1.82, 2.24) is 0 Å². The third-order valence-corrected chi connectivity index (χ3v) is 2.76. The lowest BCUT2D eigenvalue weighted by Crippen LogP contribution is -1.88. The second-order valence-electron chi connectivity index (χ2n) is 4.21. The molecule has 0 aromatic heterocycles. The first-order valence-electron chi connectivity index (χ1n) is 6.42. The summed E-state index contributed by atoms with van der Waals surface area (Å²) >= 11 is 0. The molecular formula is C14H24O. The van der Waals surface area contributed by atoms with Gasteiger partial charge in [0.05, 0.1) is 12.9 Å². The fourth-order valence-electron chi connectivity index (χ4n) is 1.82. The molecule has 1 heterocycles. The summed E-state index contributed by atoms with van der Waals surface area (Å²) in [7, 11) is 0. The molecule has 1 rings (SSSR count). The van der Waals surface area contributed by atoms with Crippen molar-refractivity contribution in [1.29, 1.82) is 0 Å². The van der Waals surface area contributed by atoms with Gasteiger partial charge in [0.15, 0.2) is 0 Å². The molecule has 1 nitrogen and oxygen atoms in total. The van der Waals surface area contributed by atoms with E-state index in [-0.39, 0.29) is 0 Å². The van der Waals surface area contributed by atoms with Crippen LogP contribution in [0.1, 0.15) is 57.8 Å². The minimum Gasteiger partial charge on any atom is -0.502 e. The Morgan fingerprint density at radius 1 is 0.667 bits per heavy atom. The van der Waals surface area contributed by atoms with Gasteiger partial charge in [-0.3, -0.25) is 0 Å². The van der Waals surface area contributed by atoms with Crippen LogP contribution in [-0.2, 0) is 4.74 Å². The first kappa shape index (κ1) is 12.4. The molecule has 0 aromatic carbocycles. The van der Waals surface area contributed by atoms with Crippen LogP contribution in [0.3, 0.4) is 0 Å². The Morgan fingerprint density at radius 2 is 1.40 bits per heavy atom. The van der Waals surface area contributed by atoms with Gasteiger partial charge in [0, 0.05) is 0 Å². The summed E-state index contributed by atoms with van der Waals surface area (Å²) in [6, 6.07) is 0. The summed E-state index contributed by atoms with van der Waals surface area (Å²) < 4.78 is 5.40. The van der Waals surface area contributed by atoms with Crippen LogP contribution in [-0.4, -0.2) is 6.61 Å². The Labute approximate surface area is 94.2 Å². The van der Waals surface area contributed by atoms with Crippen molar-refractivity contribution >= 4 is 0 Å². The molecule has 0 fully saturated rings. The molecule has 0 saturated heterocycles.